The third kappa shape index (κ3) is 5.20. The molecule has 2 N–H and O–H groups in total. The number of nitrogens with zero attached hydrogens (tertiary/aromatic N) is 3. The quantitative estimate of drug-likeness (QED) is 0.578. The van der Waals surface area contributed by atoms with Crippen LogP contribution in [0.5, 0.6) is 0 Å². The van der Waals surface area contributed by atoms with Gasteiger partial charge in [-0.15, -0.1) is 10.2 Å². The summed E-state index contributed by atoms with van der Waals surface area (Å²) in [5, 5.41) is 14.6. The van der Waals surface area contributed by atoms with Crippen LogP contribution >= 0.6 is 0 Å². The summed E-state index contributed by atoms with van der Waals surface area (Å²) in [6, 6.07) is 17.3. The summed E-state index contributed by atoms with van der Waals surface area (Å²) in [4.78, 5) is 14.7. The van der Waals surface area contributed by atoms with Crippen molar-refractivity contribution in [3.05, 3.63) is 65.7 Å². The summed E-state index contributed by atoms with van der Waals surface area (Å²) in [6.07, 6.45) is 2.39. The summed E-state index contributed by atoms with van der Waals surface area (Å²) < 4.78 is 0. The number of carbonyl (C=O) groups excluding carboxylic acids is 1. The van der Waals surface area contributed by atoms with E-state index in [1.807, 2.05) is 68.4 Å². The molecule has 1 aliphatic heterocycles. The van der Waals surface area contributed by atoms with Gasteiger partial charge < -0.3 is 15.5 Å². The Hall–Kier alpha value is -3.41. The van der Waals surface area contributed by atoms with E-state index in [4.69, 9.17) is 0 Å². The first kappa shape index (κ1) is 20.8. The van der Waals surface area contributed by atoms with Crippen LogP contribution in [-0.4, -0.2) is 29.3 Å². The van der Waals surface area contributed by atoms with Gasteiger partial charge in [0, 0.05) is 30.0 Å². The number of piperidine rings is 1. The van der Waals surface area contributed by atoms with Gasteiger partial charge in [-0.25, -0.2) is 4.79 Å². The van der Waals surface area contributed by atoms with Gasteiger partial charge in [-0.05, 0) is 80.1 Å². The van der Waals surface area contributed by atoms with Crippen molar-refractivity contribution in [1.82, 2.24) is 10.2 Å². The number of aryl methyl sites for hydroxylation is 2. The van der Waals surface area contributed by atoms with E-state index in [9.17, 15) is 4.79 Å². The predicted molar refractivity (Wildman–Crippen MR) is 127 cm³/mol. The topological polar surface area (TPSA) is 70.2 Å². The Morgan fingerprint density at radius 3 is 2.32 bits per heavy atom. The van der Waals surface area contributed by atoms with Gasteiger partial charge in [0.05, 0.1) is 5.69 Å². The molecule has 2 heterocycles. The average Bonchev–Trinajstić information content (AvgIpc) is 2.77. The lowest BCUT2D eigenvalue weighted by molar-refractivity contribution is 0.262. The van der Waals surface area contributed by atoms with Crippen molar-refractivity contribution in [1.29, 1.82) is 0 Å². The predicted octanol–water partition coefficient (Wildman–Crippen LogP) is 5.64. The molecule has 1 aliphatic rings. The van der Waals surface area contributed by atoms with E-state index in [0.29, 0.717) is 5.69 Å². The lowest BCUT2D eigenvalue weighted by atomic mass is 9.99. The number of hydrogen-bond donors (Lipinski definition) is 2. The van der Waals surface area contributed by atoms with Crippen molar-refractivity contribution in [2.45, 2.75) is 33.6 Å². The maximum Gasteiger partial charge on any atom is 0.323 e. The van der Waals surface area contributed by atoms with Crippen LogP contribution in [0.3, 0.4) is 0 Å². The number of carbonyl (C=O) groups is 1. The van der Waals surface area contributed by atoms with Crippen molar-refractivity contribution >= 4 is 23.2 Å². The Bertz CT molecular complexity index is 1060. The molecular formula is C25H29N5O. The first-order chi connectivity index (χ1) is 15.0. The first-order valence-electron chi connectivity index (χ1n) is 10.8. The zero-order valence-electron chi connectivity index (χ0n) is 18.4. The number of hydrogen-bond acceptors (Lipinski definition) is 4. The Balaban J connectivity index is 1.41. The second-order valence-electron chi connectivity index (χ2n) is 8.41. The van der Waals surface area contributed by atoms with Gasteiger partial charge in [-0.2, -0.15) is 0 Å². The van der Waals surface area contributed by atoms with E-state index in [1.54, 1.807) is 0 Å². The highest BCUT2D eigenvalue weighted by molar-refractivity contribution is 6.00. The van der Waals surface area contributed by atoms with Gasteiger partial charge in [0.1, 0.15) is 0 Å². The highest BCUT2D eigenvalue weighted by atomic mass is 16.2. The highest BCUT2D eigenvalue weighted by Gasteiger charge is 2.17. The van der Waals surface area contributed by atoms with Crippen LogP contribution in [0.25, 0.3) is 11.3 Å². The standard InChI is InChI=1S/C25H29N5O/c1-17-11-13-30(14-12-17)24-10-9-23(28-29-24)20-5-4-6-21(16-20)26-25(31)27-22-8-7-18(2)19(3)15-22/h4-10,15-17H,11-14H2,1-3H3,(H2,26,27,31). The highest BCUT2D eigenvalue weighted by Crippen LogP contribution is 2.24. The van der Waals surface area contributed by atoms with Crippen LogP contribution in [0.1, 0.15) is 30.9 Å². The van der Waals surface area contributed by atoms with Crippen molar-refractivity contribution < 1.29 is 4.79 Å². The molecule has 0 unspecified atom stereocenters. The molecule has 6 heteroatoms. The second kappa shape index (κ2) is 9.16. The average molecular weight is 416 g/mol. The molecule has 6 nitrogen and oxygen atoms in total. The Labute approximate surface area is 183 Å². The number of urea groups is 1. The number of nitrogens with one attached hydrogen (secondary N) is 2. The lowest BCUT2D eigenvalue weighted by Gasteiger charge is -2.30. The third-order valence-electron chi connectivity index (χ3n) is 5.94. The van der Waals surface area contributed by atoms with Crippen LogP contribution in [0, 0.1) is 19.8 Å². The third-order valence-corrected chi connectivity index (χ3v) is 5.94. The summed E-state index contributed by atoms with van der Waals surface area (Å²) in [7, 11) is 0. The van der Waals surface area contributed by atoms with Gasteiger partial charge in [-0.3, -0.25) is 0 Å². The monoisotopic (exact) mass is 415 g/mol. The molecule has 2 aromatic carbocycles. The van der Waals surface area contributed by atoms with Crippen molar-refractivity contribution in [2.75, 3.05) is 28.6 Å². The summed E-state index contributed by atoms with van der Waals surface area (Å²) in [5.41, 5.74) is 5.50. The largest absolute Gasteiger partial charge is 0.355 e. The first-order valence-corrected chi connectivity index (χ1v) is 10.8. The van der Waals surface area contributed by atoms with Gasteiger partial charge in [0.25, 0.3) is 0 Å². The SMILES string of the molecule is Cc1ccc(NC(=O)Nc2cccc(-c3ccc(N4CCC(C)CC4)nn3)c2)cc1C. The number of benzene rings is 2. The van der Waals surface area contributed by atoms with Crippen LogP contribution in [0.4, 0.5) is 22.0 Å². The molecule has 1 aromatic heterocycles. The maximum atomic E-state index is 12.4. The van der Waals surface area contributed by atoms with Gasteiger partial charge in [0.15, 0.2) is 5.82 Å². The van der Waals surface area contributed by atoms with E-state index < -0.39 is 0 Å². The molecule has 1 fully saturated rings. The Morgan fingerprint density at radius 1 is 0.903 bits per heavy atom. The van der Waals surface area contributed by atoms with Crippen LogP contribution in [0.2, 0.25) is 0 Å². The Kier molecular flexibility index (Phi) is 6.16. The number of aromatic nitrogens is 2. The lowest BCUT2D eigenvalue weighted by Crippen LogP contribution is -2.33. The fourth-order valence-electron chi connectivity index (χ4n) is 3.75. The molecule has 0 bridgehead atoms. The van der Waals surface area contributed by atoms with E-state index >= 15 is 0 Å². The maximum absolute atomic E-state index is 12.4. The normalized spacial score (nSPS) is 14.4. The zero-order valence-corrected chi connectivity index (χ0v) is 18.4. The van der Waals surface area contributed by atoms with E-state index in [2.05, 4.69) is 32.7 Å². The molecule has 0 atom stereocenters. The molecule has 0 aliphatic carbocycles. The van der Waals surface area contributed by atoms with E-state index in [1.165, 1.54) is 18.4 Å². The molecule has 160 valence electrons. The fourth-order valence-corrected chi connectivity index (χ4v) is 3.75. The van der Waals surface area contributed by atoms with E-state index in [0.717, 1.165) is 47.3 Å². The minimum Gasteiger partial charge on any atom is -0.355 e. The van der Waals surface area contributed by atoms with Crippen LogP contribution in [-0.2, 0) is 0 Å². The van der Waals surface area contributed by atoms with Crippen LogP contribution < -0.4 is 15.5 Å². The summed E-state index contributed by atoms with van der Waals surface area (Å²) in [5.74, 6) is 1.71. The van der Waals surface area contributed by atoms with Gasteiger partial charge in [0.2, 0.25) is 0 Å². The molecule has 2 amide bonds. The molecule has 31 heavy (non-hydrogen) atoms. The molecule has 4 rings (SSSR count). The van der Waals surface area contributed by atoms with E-state index in [-0.39, 0.29) is 6.03 Å². The Morgan fingerprint density at radius 2 is 1.65 bits per heavy atom. The fraction of sp³-hybridized carbons (Fsp3) is 0.320. The molecule has 3 aromatic rings. The summed E-state index contributed by atoms with van der Waals surface area (Å²) in [6.45, 7) is 8.44. The zero-order chi connectivity index (χ0) is 21.8. The van der Waals surface area contributed by atoms with Crippen molar-refractivity contribution in [3.63, 3.8) is 0 Å². The number of rotatable bonds is 4. The number of anilines is 3. The van der Waals surface area contributed by atoms with Crippen molar-refractivity contribution in [3.8, 4) is 11.3 Å². The molecule has 1 saturated heterocycles. The van der Waals surface area contributed by atoms with Crippen LogP contribution in [0.15, 0.2) is 54.6 Å². The smallest absolute Gasteiger partial charge is 0.323 e. The van der Waals surface area contributed by atoms with Gasteiger partial charge in [-0.1, -0.05) is 25.1 Å². The van der Waals surface area contributed by atoms with Crippen molar-refractivity contribution in [2.24, 2.45) is 5.92 Å². The van der Waals surface area contributed by atoms with Gasteiger partial charge >= 0.3 is 6.03 Å². The molecule has 0 saturated carbocycles. The molecular weight excluding hydrogens is 386 g/mol. The second-order valence-corrected chi connectivity index (χ2v) is 8.41. The molecule has 0 radical (unpaired) electrons. The minimum absolute atomic E-state index is 0.277. The summed E-state index contributed by atoms with van der Waals surface area (Å²) >= 11 is 0. The minimum atomic E-state index is -0.277. The molecule has 0 spiro atoms. The number of amides is 2.